The van der Waals surface area contributed by atoms with Gasteiger partial charge < -0.3 is 11.1 Å². The molecule has 1 aliphatic rings. The molecule has 7 nitrogen and oxygen atoms in total. The van der Waals surface area contributed by atoms with Gasteiger partial charge in [0.1, 0.15) is 5.00 Å². The van der Waals surface area contributed by atoms with Gasteiger partial charge in [-0.15, -0.1) is 11.3 Å². The monoisotopic (exact) mass is 407 g/mol. The first-order chi connectivity index (χ1) is 12.7. The third-order valence-electron chi connectivity index (χ3n) is 4.64. The number of amides is 2. The van der Waals surface area contributed by atoms with E-state index in [1.54, 1.807) is 0 Å². The lowest BCUT2D eigenvalue weighted by molar-refractivity contribution is 0.0961. The highest BCUT2D eigenvalue weighted by molar-refractivity contribution is 7.93. The van der Waals surface area contributed by atoms with E-state index in [9.17, 15) is 18.0 Å². The fourth-order valence-corrected chi connectivity index (χ4v) is 5.92. The number of rotatable bonds is 5. The Labute approximate surface area is 162 Å². The van der Waals surface area contributed by atoms with Gasteiger partial charge in [0, 0.05) is 17.5 Å². The minimum absolute atomic E-state index is 0.00492. The predicted octanol–water partition coefficient (Wildman–Crippen LogP) is 2.13. The SMILES string of the molecule is CNC(=O)c1ccc(S(=O)(=O)Nc2sc3c(c2C(N)=O)CC[C@@H](C)C3)cc1. The Hall–Kier alpha value is -2.39. The zero-order valence-electron chi connectivity index (χ0n) is 15.0. The van der Waals surface area contributed by atoms with Crippen LogP contribution in [-0.2, 0) is 22.9 Å². The van der Waals surface area contributed by atoms with Crippen molar-refractivity contribution in [1.82, 2.24) is 5.32 Å². The number of fused-ring (bicyclic) bond motifs is 1. The van der Waals surface area contributed by atoms with Crippen molar-refractivity contribution in [2.24, 2.45) is 11.7 Å². The van der Waals surface area contributed by atoms with Crippen LogP contribution in [0.2, 0.25) is 0 Å². The summed E-state index contributed by atoms with van der Waals surface area (Å²) in [7, 11) is -2.41. The molecule has 2 aromatic rings. The van der Waals surface area contributed by atoms with Crippen molar-refractivity contribution in [3.63, 3.8) is 0 Å². The first kappa shape index (κ1) is 19.4. The highest BCUT2D eigenvalue weighted by Crippen LogP contribution is 2.40. The fraction of sp³-hybridized carbons (Fsp3) is 0.333. The maximum Gasteiger partial charge on any atom is 0.262 e. The molecule has 1 atom stereocenters. The Bertz CT molecular complexity index is 994. The van der Waals surface area contributed by atoms with Crippen LogP contribution in [0.1, 0.15) is 44.5 Å². The number of nitrogens with two attached hydrogens (primary N) is 1. The van der Waals surface area contributed by atoms with Crippen LogP contribution < -0.4 is 15.8 Å². The third kappa shape index (κ3) is 3.84. The van der Waals surface area contributed by atoms with Crippen LogP contribution in [0, 0.1) is 5.92 Å². The molecule has 144 valence electrons. The number of hydrogen-bond donors (Lipinski definition) is 3. The molecule has 0 fully saturated rings. The van der Waals surface area contributed by atoms with Crippen LogP contribution in [0.15, 0.2) is 29.2 Å². The fourth-order valence-electron chi connectivity index (χ4n) is 3.19. The van der Waals surface area contributed by atoms with Crippen molar-refractivity contribution >= 4 is 38.2 Å². The van der Waals surface area contributed by atoms with E-state index in [-0.39, 0.29) is 21.4 Å². The summed E-state index contributed by atoms with van der Waals surface area (Å²) in [5, 5.41) is 2.74. The molecule has 1 heterocycles. The largest absolute Gasteiger partial charge is 0.365 e. The Morgan fingerprint density at radius 3 is 2.48 bits per heavy atom. The number of sulfonamides is 1. The summed E-state index contributed by atoms with van der Waals surface area (Å²) in [4.78, 5) is 24.6. The third-order valence-corrected chi connectivity index (χ3v) is 7.30. The molecular formula is C18H21N3O4S2. The van der Waals surface area contributed by atoms with Gasteiger partial charge in [0.15, 0.2) is 0 Å². The zero-order valence-corrected chi connectivity index (χ0v) is 16.7. The van der Waals surface area contributed by atoms with Crippen molar-refractivity contribution in [1.29, 1.82) is 0 Å². The molecule has 1 aromatic carbocycles. The summed E-state index contributed by atoms with van der Waals surface area (Å²) >= 11 is 1.27. The average Bonchev–Trinajstić information content (AvgIpc) is 2.97. The molecule has 1 aliphatic carbocycles. The second kappa shape index (κ2) is 7.32. The van der Waals surface area contributed by atoms with E-state index >= 15 is 0 Å². The molecule has 3 rings (SSSR count). The average molecular weight is 408 g/mol. The van der Waals surface area contributed by atoms with E-state index in [1.807, 2.05) is 0 Å². The number of anilines is 1. The summed E-state index contributed by atoms with van der Waals surface area (Å²) in [5.74, 6) is -0.448. The minimum atomic E-state index is -3.91. The van der Waals surface area contributed by atoms with E-state index < -0.39 is 15.9 Å². The van der Waals surface area contributed by atoms with Gasteiger partial charge in [0.2, 0.25) is 0 Å². The smallest absolute Gasteiger partial charge is 0.262 e. The number of carbonyl (C=O) groups is 2. The normalized spacial score (nSPS) is 16.4. The minimum Gasteiger partial charge on any atom is -0.365 e. The van der Waals surface area contributed by atoms with Gasteiger partial charge in [-0.1, -0.05) is 6.92 Å². The van der Waals surface area contributed by atoms with Crippen LogP contribution in [0.5, 0.6) is 0 Å². The Kier molecular flexibility index (Phi) is 5.25. The lowest BCUT2D eigenvalue weighted by atomic mass is 9.88. The quantitative estimate of drug-likeness (QED) is 0.703. The molecule has 0 radical (unpaired) electrons. The van der Waals surface area contributed by atoms with E-state index in [4.69, 9.17) is 5.73 Å². The molecule has 9 heteroatoms. The summed E-state index contributed by atoms with van der Waals surface area (Å²) in [6, 6.07) is 5.58. The summed E-state index contributed by atoms with van der Waals surface area (Å²) in [6.45, 7) is 2.13. The van der Waals surface area contributed by atoms with Crippen LogP contribution in [0.25, 0.3) is 0 Å². The maximum atomic E-state index is 12.7. The maximum absolute atomic E-state index is 12.7. The molecule has 0 saturated carbocycles. The predicted molar refractivity (Wildman–Crippen MR) is 105 cm³/mol. The Morgan fingerprint density at radius 1 is 1.22 bits per heavy atom. The Morgan fingerprint density at radius 2 is 1.89 bits per heavy atom. The van der Waals surface area contributed by atoms with Gasteiger partial charge in [0.25, 0.3) is 21.8 Å². The standard InChI is InChI=1S/C18H21N3O4S2/c1-10-3-8-13-14(9-10)26-18(15(13)16(19)22)21-27(24,25)12-6-4-11(5-7-12)17(23)20-2/h4-7,10,21H,3,8-9H2,1-2H3,(H2,19,22)(H,20,23)/t10-/m1/s1. The van der Waals surface area contributed by atoms with Gasteiger partial charge in [-0.2, -0.15) is 0 Å². The molecule has 0 bridgehead atoms. The molecule has 0 saturated heterocycles. The number of nitrogens with one attached hydrogen (secondary N) is 2. The summed E-state index contributed by atoms with van der Waals surface area (Å²) in [5.41, 5.74) is 7.02. The number of hydrogen-bond acceptors (Lipinski definition) is 5. The van der Waals surface area contributed by atoms with Crippen molar-refractivity contribution < 1.29 is 18.0 Å². The van der Waals surface area contributed by atoms with Crippen LogP contribution >= 0.6 is 11.3 Å². The molecule has 2 amide bonds. The first-order valence-electron chi connectivity index (χ1n) is 8.52. The first-order valence-corrected chi connectivity index (χ1v) is 10.8. The second-order valence-corrected chi connectivity index (χ2v) is 9.42. The van der Waals surface area contributed by atoms with Gasteiger partial charge in [0.05, 0.1) is 10.5 Å². The molecule has 0 unspecified atom stereocenters. The number of thiophene rings is 1. The topological polar surface area (TPSA) is 118 Å². The van der Waals surface area contributed by atoms with E-state index in [0.29, 0.717) is 17.9 Å². The lowest BCUT2D eigenvalue weighted by Gasteiger charge is -2.18. The van der Waals surface area contributed by atoms with Crippen molar-refractivity contribution in [2.75, 3.05) is 11.8 Å². The number of primary amides is 1. The van der Waals surface area contributed by atoms with Crippen LogP contribution in [-0.4, -0.2) is 27.3 Å². The van der Waals surface area contributed by atoms with Crippen molar-refractivity contribution in [2.45, 2.75) is 31.1 Å². The summed E-state index contributed by atoms with van der Waals surface area (Å²) < 4.78 is 28.0. The zero-order chi connectivity index (χ0) is 19.8. The Balaban J connectivity index is 1.94. The van der Waals surface area contributed by atoms with Gasteiger partial charge in [-0.3, -0.25) is 14.3 Å². The highest BCUT2D eigenvalue weighted by atomic mass is 32.2. The molecule has 1 aromatic heterocycles. The second-order valence-electron chi connectivity index (χ2n) is 6.63. The molecule has 0 spiro atoms. The molecular weight excluding hydrogens is 386 g/mol. The number of benzene rings is 1. The van der Waals surface area contributed by atoms with E-state index in [1.165, 1.54) is 42.6 Å². The van der Waals surface area contributed by atoms with E-state index in [0.717, 1.165) is 23.3 Å². The number of carbonyl (C=O) groups excluding carboxylic acids is 2. The molecule has 27 heavy (non-hydrogen) atoms. The van der Waals surface area contributed by atoms with Gasteiger partial charge >= 0.3 is 0 Å². The van der Waals surface area contributed by atoms with Gasteiger partial charge in [-0.25, -0.2) is 8.42 Å². The highest BCUT2D eigenvalue weighted by Gasteiger charge is 2.28. The lowest BCUT2D eigenvalue weighted by Crippen LogP contribution is -2.20. The summed E-state index contributed by atoms with van der Waals surface area (Å²) in [6.07, 6.45) is 2.47. The van der Waals surface area contributed by atoms with Crippen molar-refractivity contribution in [3.05, 3.63) is 45.8 Å². The van der Waals surface area contributed by atoms with Crippen LogP contribution in [0.4, 0.5) is 5.00 Å². The van der Waals surface area contributed by atoms with E-state index in [2.05, 4.69) is 17.0 Å². The molecule has 4 N–H and O–H groups in total. The van der Waals surface area contributed by atoms with Crippen molar-refractivity contribution in [3.8, 4) is 0 Å². The molecule has 0 aliphatic heterocycles. The van der Waals surface area contributed by atoms with Crippen LogP contribution in [0.3, 0.4) is 0 Å². The van der Waals surface area contributed by atoms with Gasteiger partial charge in [-0.05, 0) is 55.0 Å².